The van der Waals surface area contributed by atoms with Crippen LogP contribution >= 0.6 is 0 Å². The monoisotopic (exact) mass is 280 g/mol. The number of Topliss-reactive ketones (excluding diaryl/α,β-unsaturated/α-hetero) is 1. The largest absolute Gasteiger partial charge is 0.508 e. The summed E-state index contributed by atoms with van der Waals surface area (Å²) in [6.07, 6.45) is 0.114. The summed E-state index contributed by atoms with van der Waals surface area (Å²) in [4.78, 5) is 33.8. The quantitative estimate of drug-likeness (QED) is 0.516. The Kier molecular flexibility index (Phi) is 5.22. The highest BCUT2D eigenvalue weighted by Gasteiger charge is 2.31. The summed E-state index contributed by atoms with van der Waals surface area (Å²) in [7, 11) is 0. The summed E-state index contributed by atoms with van der Waals surface area (Å²) in [6.45, 7) is 1.12. The van der Waals surface area contributed by atoms with Crippen molar-refractivity contribution in [1.29, 1.82) is 0 Å². The predicted molar refractivity (Wildman–Crippen MR) is 70.0 cm³/mol. The van der Waals surface area contributed by atoms with Crippen molar-refractivity contribution in [2.45, 2.75) is 25.4 Å². The van der Waals surface area contributed by atoms with Crippen molar-refractivity contribution in [2.24, 2.45) is 5.73 Å². The SMILES string of the molecule is CC(=O)NC(C(=O)O)C(=O)C(N)Cc1ccc(O)cc1. The van der Waals surface area contributed by atoms with Crippen LogP contribution in [-0.4, -0.2) is 40.0 Å². The summed E-state index contributed by atoms with van der Waals surface area (Å²) in [5.41, 5.74) is 6.35. The van der Waals surface area contributed by atoms with Crippen molar-refractivity contribution in [2.75, 3.05) is 0 Å². The van der Waals surface area contributed by atoms with E-state index >= 15 is 0 Å². The molecule has 5 N–H and O–H groups in total. The first-order chi connectivity index (χ1) is 9.31. The van der Waals surface area contributed by atoms with E-state index in [0.717, 1.165) is 6.92 Å². The number of nitrogens with one attached hydrogen (secondary N) is 1. The molecule has 0 fully saturated rings. The number of ketones is 1. The lowest BCUT2D eigenvalue weighted by Crippen LogP contribution is -2.52. The second kappa shape index (κ2) is 6.67. The fourth-order valence-corrected chi connectivity index (χ4v) is 1.66. The van der Waals surface area contributed by atoms with Gasteiger partial charge in [-0.05, 0) is 24.1 Å². The van der Waals surface area contributed by atoms with Gasteiger partial charge in [-0.15, -0.1) is 0 Å². The molecule has 0 aliphatic carbocycles. The Morgan fingerprint density at radius 1 is 1.25 bits per heavy atom. The molecule has 1 aromatic carbocycles. The van der Waals surface area contributed by atoms with Gasteiger partial charge in [0.15, 0.2) is 11.8 Å². The summed E-state index contributed by atoms with van der Waals surface area (Å²) >= 11 is 0. The average Bonchev–Trinajstić information content (AvgIpc) is 2.37. The Balaban J connectivity index is 2.76. The van der Waals surface area contributed by atoms with E-state index in [9.17, 15) is 14.4 Å². The number of carboxylic acids is 1. The van der Waals surface area contributed by atoms with Crippen LogP contribution in [-0.2, 0) is 20.8 Å². The molecule has 0 spiro atoms. The van der Waals surface area contributed by atoms with Gasteiger partial charge in [0.05, 0.1) is 6.04 Å². The summed E-state index contributed by atoms with van der Waals surface area (Å²) < 4.78 is 0. The third-order valence-electron chi connectivity index (χ3n) is 2.64. The molecule has 0 heterocycles. The molecule has 0 saturated carbocycles. The van der Waals surface area contributed by atoms with E-state index in [1.807, 2.05) is 5.32 Å². The smallest absolute Gasteiger partial charge is 0.334 e. The van der Waals surface area contributed by atoms with Gasteiger partial charge >= 0.3 is 5.97 Å². The number of phenols is 1. The zero-order valence-corrected chi connectivity index (χ0v) is 10.9. The third-order valence-corrected chi connectivity index (χ3v) is 2.64. The lowest BCUT2D eigenvalue weighted by Gasteiger charge is -2.17. The fraction of sp³-hybridized carbons (Fsp3) is 0.308. The maximum atomic E-state index is 11.9. The van der Waals surface area contributed by atoms with Gasteiger partial charge in [-0.25, -0.2) is 4.79 Å². The number of rotatable bonds is 6. The van der Waals surface area contributed by atoms with Crippen LogP contribution in [0.25, 0.3) is 0 Å². The number of hydrogen-bond acceptors (Lipinski definition) is 5. The first-order valence-corrected chi connectivity index (χ1v) is 5.88. The van der Waals surface area contributed by atoms with E-state index < -0.39 is 29.7 Å². The minimum atomic E-state index is -1.65. The number of amides is 1. The standard InChI is InChI=1S/C13H16N2O5/c1-7(16)15-11(13(19)20)12(18)10(14)6-8-2-4-9(17)5-3-8/h2-5,10-11,17H,6,14H2,1H3,(H,15,16)(H,19,20). The number of aliphatic carboxylic acids is 1. The molecular weight excluding hydrogens is 264 g/mol. The van der Waals surface area contributed by atoms with Crippen molar-refractivity contribution >= 4 is 17.7 Å². The van der Waals surface area contributed by atoms with Crippen LogP contribution in [0.2, 0.25) is 0 Å². The molecule has 108 valence electrons. The number of aromatic hydroxyl groups is 1. The first-order valence-electron chi connectivity index (χ1n) is 5.88. The average molecular weight is 280 g/mol. The van der Waals surface area contributed by atoms with Crippen LogP contribution in [0, 0.1) is 0 Å². The molecule has 0 aliphatic heterocycles. The number of benzene rings is 1. The van der Waals surface area contributed by atoms with Crippen molar-refractivity contribution < 1.29 is 24.6 Å². The molecular formula is C13H16N2O5. The second-order valence-corrected chi connectivity index (χ2v) is 4.35. The van der Waals surface area contributed by atoms with Crippen molar-refractivity contribution in [3.8, 4) is 5.75 Å². The normalized spacial score (nSPS) is 13.3. The van der Waals surface area contributed by atoms with E-state index in [1.54, 1.807) is 12.1 Å². The lowest BCUT2D eigenvalue weighted by molar-refractivity contribution is -0.146. The number of carbonyl (C=O) groups is 3. The topological polar surface area (TPSA) is 130 Å². The minimum Gasteiger partial charge on any atom is -0.508 e. The highest BCUT2D eigenvalue weighted by molar-refractivity contribution is 6.07. The van der Waals surface area contributed by atoms with Gasteiger partial charge in [0, 0.05) is 6.92 Å². The predicted octanol–water partition coefficient (Wildman–Crippen LogP) is -0.580. The van der Waals surface area contributed by atoms with Gasteiger partial charge in [0.1, 0.15) is 5.75 Å². The van der Waals surface area contributed by atoms with E-state index in [0.29, 0.717) is 5.56 Å². The van der Waals surface area contributed by atoms with Crippen molar-refractivity contribution in [1.82, 2.24) is 5.32 Å². The summed E-state index contributed by atoms with van der Waals surface area (Å²) in [6, 6.07) is 3.32. The Bertz CT molecular complexity index is 512. The highest BCUT2D eigenvalue weighted by Crippen LogP contribution is 2.11. The number of phenolic OH excluding ortho intramolecular Hbond substituents is 1. The fourth-order valence-electron chi connectivity index (χ4n) is 1.66. The van der Waals surface area contributed by atoms with Gasteiger partial charge in [0.25, 0.3) is 0 Å². The first kappa shape index (κ1) is 15.6. The Hall–Kier alpha value is -2.41. The molecule has 0 bridgehead atoms. The van der Waals surface area contributed by atoms with Gasteiger partial charge < -0.3 is 21.3 Å². The van der Waals surface area contributed by atoms with Gasteiger partial charge in [-0.2, -0.15) is 0 Å². The van der Waals surface area contributed by atoms with Crippen LogP contribution < -0.4 is 11.1 Å². The summed E-state index contributed by atoms with van der Waals surface area (Å²) in [5.74, 6) is -2.77. The van der Waals surface area contributed by atoms with E-state index in [2.05, 4.69) is 0 Å². The zero-order valence-electron chi connectivity index (χ0n) is 10.9. The van der Waals surface area contributed by atoms with Gasteiger partial charge in [-0.3, -0.25) is 9.59 Å². The van der Waals surface area contributed by atoms with Crippen LogP contribution in [0.3, 0.4) is 0 Å². The highest BCUT2D eigenvalue weighted by atomic mass is 16.4. The molecule has 0 radical (unpaired) electrons. The molecule has 0 saturated heterocycles. The van der Waals surface area contributed by atoms with Gasteiger partial charge in [-0.1, -0.05) is 12.1 Å². The van der Waals surface area contributed by atoms with Crippen LogP contribution in [0.15, 0.2) is 24.3 Å². The van der Waals surface area contributed by atoms with Gasteiger partial charge in [0.2, 0.25) is 5.91 Å². The van der Waals surface area contributed by atoms with E-state index in [4.69, 9.17) is 15.9 Å². The van der Waals surface area contributed by atoms with Crippen molar-refractivity contribution in [3.63, 3.8) is 0 Å². The minimum absolute atomic E-state index is 0.0790. The number of carboxylic acid groups (broad SMARTS) is 1. The molecule has 2 atom stereocenters. The Morgan fingerprint density at radius 2 is 1.80 bits per heavy atom. The molecule has 1 rings (SSSR count). The third kappa shape index (κ3) is 4.36. The van der Waals surface area contributed by atoms with E-state index in [1.165, 1.54) is 12.1 Å². The maximum Gasteiger partial charge on any atom is 0.334 e. The van der Waals surface area contributed by atoms with Crippen LogP contribution in [0.1, 0.15) is 12.5 Å². The molecule has 1 aromatic rings. The molecule has 0 aromatic heterocycles. The number of carbonyl (C=O) groups excluding carboxylic acids is 2. The molecule has 7 nitrogen and oxygen atoms in total. The molecule has 7 heteroatoms. The lowest BCUT2D eigenvalue weighted by atomic mass is 9.98. The van der Waals surface area contributed by atoms with Crippen LogP contribution in [0.5, 0.6) is 5.75 Å². The van der Waals surface area contributed by atoms with E-state index in [-0.39, 0.29) is 12.2 Å². The molecule has 20 heavy (non-hydrogen) atoms. The Labute approximate surface area is 115 Å². The second-order valence-electron chi connectivity index (χ2n) is 4.35. The molecule has 1 amide bonds. The molecule has 2 unspecified atom stereocenters. The molecule has 0 aliphatic rings. The Morgan fingerprint density at radius 3 is 2.25 bits per heavy atom. The summed E-state index contributed by atoms with van der Waals surface area (Å²) in [5, 5.41) is 20.1. The number of nitrogens with two attached hydrogens (primary N) is 1. The maximum absolute atomic E-state index is 11.9. The zero-order chi connectivity index (χ0) is 15.3. The number of hydrogen-bond donors (Lipinski definition) is 4. The van der Waals surface area contributed by atoms with Crippen molar-refractivity contribution in [3.05, 3.63) is 29.8 Å². The van der Waals surface area contributed by atoms with Crippen LogP contribution in [0.4, 0.5) is 0 Å².